The lowest BCUT2D eigenvalue weighted by atomic mass is 10.2. The smallest absolute Gasteiger partial charge is 0.283 e. The number of pyridine rings is 1. The van der Waals surface area contributed by atoms with Crippen molar-refractivity contribution in [3.05, 3.63) is 44.3 Å². The number of hydrogen-bond acceptors (Lipinski definition) is 7. The lowest BCUT2D eigenvalue weighted by Crippen LogP contribution is -2.45. The lowest BCUT2D eigenvalue weighted by Gasteiger charge is -2.36. The largest absolute Gasteiger partial charge is 0.372 e. The van der Waals surface area contributed by atoms with Gasteiger partial charge in [-0.1, -0.05) is 0 Å². The molecule has 8 nitrogen and oxygen atoms in total. The Morgan fingerprint density at radius 2 is 2.08 bits per heavy atom. The Hall–Kier alpha value is -2.52. The number of thiophene rings is 1. The molecular formula is C17H20N4O4S. The summed E-state index contributed by atoms with van der Waals surface area (Å²) in [5.74, 6) is 0.446. The molecule has 2 atom stereocenters. The number of carbonyl (C=O) groups is 1. The van der Waals surface area contributed by atoms with Crippen LogP contribution in [0.3, 0.4) is 0 Å². The molecule has 1 aliphatic heterocycles. The molecule has 1 N–H and O–H groups in total. The van der Waals surface area contributed by atoms with Crippen LogP contribution in [0, 0.1) is 17.0 Å². The average molecular weight is 376 g/mol. The van der Waals surface area contributed by atoms with Crippen LogP contribution in [0.2, 0.25) is 0 Å². The van der Waals surface area contributed by atoms with Crippen LogP contribution in [0.5, 0.6) is 0 Å². The van der Waals surface area contributed by atoms with E-state index in [1.165, 1.54) is 6.07 Å². The maximum Gasteiger partial charge on any atom is 0.283 e. The van der Waals surface area contributed by atoms with Crippen LogP contribution in [-0.2, 0) is 4.74 Å². The molecule has 3 rings (SSSR count). The Kier molecular flexibility index (Phi) is 5.19. The van der Waals surface area contributed by atoms with Crippen LogP contribution in [0.15, 0.2) is 24.4 Å². The van der Waals surface area contributed by atoms with E-state index in [-0.39, 0.29) is 23.8 Å². The molecule has 0 aromatic carbocycles. The second-order valence-corrected chi connectivity index (χ2v) is 7.59. The first-order valence-corrected chi connectivity index (χ1v) is 9.07. The predicted molar refractivity (Wildman–Crippen MR) is 100 cm³/mol. The highest BCUT2D eigenvalue weighted by Crippen LogP contribution is 2.28. The fraction of sp³-hybridized carbons (Fsp3) is 0.412. The summed E-state index contributed by atoms with van der Waals surface area (Å²) < 4.78 is 5.72. The van der Waals surface area contributed by atoms with Crippen LogP contribution in [0.25, 0.3) is 0 Å². The van der Waals surface area contributed by atoms with Gasteiger partial charge in [0.2, 0.25) is 0 Å². The maximum absolute atomic E-state index is 12.3. The van der Waals surface area contributed by atoms with Crippen molar-refractivity contribution in [3.63, 3.8) is 0 Å². The fourth-order valence-electron chi connectivity index (χ4n) is 2.97. The van der Waals surface area contributed by atoms with Gasteiger partial charge in [-0.15, -0.1) is 11.3 Å². The minimum Gasteiger partial charge on any atom is -0.372 e. The van der Waals surface area contributed by atoms with Crippen molar-refractivity contribution in [1.29, 1.82) is 0 Å². The van der Waals surface area contributed by atoms with Crippen molar-refractivity contribution in [2.75, 3.05) is 23.3 Å². The molecule has 1 saturated heterocycles. The number of rotatable bonds is 4. The summed E-state index contributed by atoms with van der Waals surface area (Å²) in [5.41, 5.74) is 0.506. The van der Waals surface area contributed by atoms with Crippen LogP contribution >= 0.6 is 11.3 Å². The molecule has 0 aliphatic carbocycles. The third-order valence-electron chi connectivity index (χ3n) is 4.06. The molecule has 138 valence electrons. The number of hydrogen-bond donors (Lipinski definition) is 1. The fourth-order valence-corrected chi connectivity index (χ4v) is 3.85. The molecule has 0 bridgehead atoms. The third-order valence-corrected chi connectivity index (χ3v) is 5.10. The van der Waals surface area contributed by atoms with Gasteiger partial charge in [0.1, 0.15) is 5.82 Å². The van der Waals surface area contributed by atoms with Gasteiger partial charge in [-0.3, -0.25) is 14.9 Å². The Balaban J connectivity index is 1.68. The van der Waals surface area contributed by atoms with E-state index >= 15 is 0 Å². The van der Waals surface area contributed by atoms with E-state index in [0.29, 0.717) is 15.4 Å². The van der Waals surface area contributed by atoms with Gasteiger partial charge in [-0.25, -0.2) is 4.98 Å². The van der Waals surface area contributed by atoms with Crippen molar-refractivity contribution in [1.82, 2.24) is 4.98 Å². The van der Waals surface area contributed by atoms with Crippen molar-refractivity contribution < 1.29 is 14.5 Å². The minimum absolute atomic E-state index is 0.0378. The zero-order valence-corrected chi connectivity index (χ0v) is 15.6. The molecule has 2 aromatic heterocycles. The highest BCUT2D eigenvalue weighted by atomic mass is 32.1. The van der Waals surface area contributed by atoms with E-state index in [9.17, 15) is 14.9 Å². The van der Waals surface area contributed by atoms with Gasteiger partial charge in [-0.2, -0.15) is 0 Å². The second kappa shape index (κ2) is 7.38. The van der Waals surface area contributed by atoms with Gasteiger partial charge in [-0.05, 0) is 32.9 Å². The maximum atomic E-state index is 12.3. The number of nitro groups is 1. The summed E-state index contributed by atoms with van der Waals surface area (Å²) in [5, 5.41) is 13.6. The molecule has 2 aromatic rings. The quantitative estimate of drug-likeness (QED) is 0.650. The molecule has 1 fully saturated rings. The molecule has 26 heavy (non-hydrogen) atoms. The van der Waals surface area contributed by atoms with Crippen molar-refractivity contribution >= 4 is 34.4 Å². The molecule has 1 aliphatic rings. The highest BCUT2D eigenvalue weighted by molar-refractivity contribution is 7.14. The van der Waals surface area contributed by atoms with E-state index in [2.05, 4.69) is 15.2 Å². The van der Waals surface area contributed by atoms with Crippen LogP contribution in [-0.4, -0.2) is 41.1 Å². The summed E-state index contributed by atoms with van der Waals surface area (Å²) >= 11 is 1.10. The molecule has 1 amide bonds. The standard InChI is InChI=1S/C17H20N4O4S/c1-10-8-20(9-11(2)25-10)16-5-4-13(7-18-16)19-17(22)15-6-14(21(23)24)12(3)26-15/h4-7,10-11H,8-9H2,1-3H3,(H,19,22). The first-order chi connectivity index (χ1) is 12.3. The summed E-state index contributed by atoms with van der Waals surface area (Å²) in [6, 6.07) is 4.93. The van der Waals surface area contributed by atoms with E-state index in [1.54, 1.807) is 19.2 Å². The SMILES string of the molecule is Cc1sc(C(=O)Nc2ccc(N3CC(C)OC(C)C3)nc2)cc1[N+](=O)[O-]. The van der Waals surface area contributed by atoms with Crippen molar-refractivity contribution in [3.8, 4) is 0 Å². The average Bonchev–Trinajstić information content (AvgIpc) is 2.97. The van der Waals surface area contributed by atoms with Crippen molar-refractivity contribution in [2.45, 2.75) is 33.0 Å². The normalized spacial score (nSPS) is 20.0. The van der Waals surface area contributed by atoms with E-state index < -0.39 is 4.92 Å². The molecule has 3 heterocycles. The number of carbonyl (C=O) groups excluding carboxylic acids is 1. The molecule has 9 heteroatoms. The summed E-state index contributed by atoms with van der Waals surface area (Å²) in [7, 11) is 0. The topological polar surface area (TPSA) is 97.6 Å². The van der Waals surface area contributed by atoms with E-state index in [0.717, 1.165) is 30.2 Å². The van der Waals surface area contributed by atoms with E-state index in [4.69, 9.17) is 4.74 Å². The Morgan fingerprint density at radius 1 is 1.38 bits per heavy atom. The number of aromatic nitrogens is 1. The number of morpholine rings is 1. The predicted octanol–water partition coefficient (Wildman–Crippen LogP) is 3.23. The number of nitrogens with one attached hydrogen (secondary N) is 1. The molecular weight excluding hydrogens is 356 g/mol. The molecule has 0 radical (unpaired) electrons. The number of nitrogens with zero attached hydrogens (tertiary/aromatic N) is 3. The number of amides is 1. The van der Waals surface area contributed by atoms with Gasteiger partial charge in [0.25, 0.3) is 11.6 Å². The Morgan fingerprint density at radius 3 is 2.62 bits per heavy atom. The molecule has 0 saturated carbocycles. The van der Waals surface area contributed by atoms with Gasteiger partial charge in [0.15, 0.2) is 0 Å². The number of aryl methyl sites for hydroxylation is 1. The van der Waals surface area contributed by atoms with Gasteiger partial charge < -0.3 is 15.0 Å². The Bertz CT molecular complexity index is 811. The minimum atomic E-state index is -0.483. The first kappa shape index (κ1) is 18.3. The van der Waals surface area contributed by atoms with Gasteiger partial charge >= 0.3 is 0 Å². The van der Waals surface area contributed by atoms with Crippen LogP contribution in [0.4, 0.5) is 17.2 Å². The summed E-state index contributed by atoms with van der Waals surface area (Å²) in [4.78, 5) is 30.1. The van der Waals surface area contributed by atoms with Crippen molar-refractivity contribution in [2.24, 2.45) is 0 Å². The van der Waals surface area contributed by atoms with E-state index in [1.807, 2.05) is 19.9 Å². The highest BCUT2D eigenvalue weighted by Gasteiger charge is 2.23. The zero-order chi connectivity index (χ0) is 18.8. The lowest BCUT2D eigenvalue weighted by molar-refractivity contribution is -0.385. The van der Waals surface area contributed by atoms with Crippen LogP contribution in [0.1, 0.15) is 28.4 Å². The first-order valence-electron chi connectivity index (χ1n) is 8.26. The third kappa shape index (κ3) is 4.00. The van der Waals surface area contributed by atoms with Gasteiger partial charge in [0.05, 0.1) is 38.8 Å². The number of ether oxygens (including phenoxy) is 1. The molecule has 2 unspecified atom stereocenters. The zero-order valence-electron chi connectivity index (χ0n) is 14.8. The van der Waals surface area contributed by atoms with Gasteiger partial charge in [0, 0.05) is 19.2 Å². The Labute approximate surface area is 154 Å². The number of anilines is 2. The van der Waals surface area contributed by atoms with Crippen LogP contribution < -0.4 is 10.2 Å². The summed E-state index contributed by atoms with van der Waals surface area (Å²) in [6.45, 7) is 7.21. The summed E-state index contributed by atoms with van der Waals surface area (Å²) in [6.07, 6.45) is 1.86. The second-order valence-electron chi connectivity index (χ2n) is 6.33. The molecule has 0 spiro atoms. The monoisotopic (exact) mass is 376 g/mol.